The molecule has 4 unspecified atom stereocenters. The summed E-state index contributed by atoms with van der Waals surface area (Å²) in [5, 5.41) is 33.6. The highest BCUT2D eigenvalue weighted by atomic mass is 16.4. The van der Waals surface area contributed by atoms with Gasteiger partial charge in [0, 0.05) is 12.8 Å². The number of carboxylic acid groups (broad SMARTS) is 2. The second-order valence-corrected chi connectivity index (χ2v) is 6.44. The summed E-state index contributed by atoms with van der Waals surface area (Å²) in [6.45, 7) is 0.569. The van der Waals surface area contributed by atoms with E-state index in [1.165, 1.54) is 6.92 Å². The SMILES string of the molecule is CC(O)C(N)C(=O)NC(CCC(=O)O)C(=O)NCC(=O)NC(CCC(N)=O)C(=O)O. The third kappa shape index (κ3) is 10.9. The lowest BCUT2D eigenvalue weighted by atomic mass is 10.1. The maximum Gasteiger partial charge on any atom is 0.326 e. The van der Waals surface area contributed by atoms with Gasteiger partial charge in [0.1, 0.15) is 18.1 Å². The van der Waals surface area contributed by atoms with Crippen molar-refractivity contribution in [3.05, 3.63) is 0 Å². The Morgan fingerprint density at radius 2 is 1.47 bits per heavy atom. The summed E-state index contributed by atoms with van der Waals surface area (Å²) in [5.74, 6) is -6.12. The maximum atomic E-state index is 12.2. The first-order valence-electron chi connectivity index (χ1n) is 8.89. The van der Waals surface area contributed by atoms with Gasteiger partial charge in [-0.25, -0.2) is 4.79 Å². The van der Waals surface area contributed by atoms with Gasteiger partial charge < -0.3 is 42.7 Å². The van der Waals surface area contributed by atoms with Crippen molar-refractivity contribution in [2.24, 2.45) is 11.5 Å². The molecule has 0 aliphatic rings. The first-order chi connectivity index (χ1) is 13.8. The van der Waals surface area contributed by atoms with Crippen molar-refractivity contribution in [1.29, 1.82) is 0 Å². The van der Waals surface area contributed by atoms with Gasteiger partial charge in [0.15, 0.2) is 0 Å². The Morgan fingerprint density at radius 3 is 1.93 bits per heavy atom. The van der Waals surface area contributed by atoms with Crippen LogP contribution >= 0.6 is 0 Å². The van der Waals surface area contributed by atoms with Gasteiger partial charge >= 0.3 is 11.9 Å². The van der Waals surface area contributed by atoms with Gasteiger partial charge in [-0.15, -0.1) is 0 Å². The third-order valence-electron chi connectivity index (χ3n) is 3.84. The molecule has 14 heteroatoms. The number of aliphatic carboxylic acids is 2. The van der Waals surface area contributed by atoms with Gasteiger partial charge in [0.25, 0.3) is 0 Å². The molecule has 170 valence electrons. The minimum Gasteiger partial charge on any atom is -0.481 e. The van der Waals surface area contributed by atoms with Crippen LogP contribution in [0, 0.1) is 0 Å². The number of carbonyl (C=O) groups excluding carboxylic acids is 4. The molecule has 0 spiro atoms. The molecular formula is C16H27N5O9. The predicted octanol–water partition coefficient (Wildman–Crippen LogP) is -4.00. The highest BCUT2D eigenvalue weighted by Crippen LogP contribution is 2.01. The van der Waals surface area contributed by atoms with Crippen LogP contribution in [0.15, 0.2) is 0 Å². The summed E-state index contributed by atoms with van der Waals surface area (Å²) in [6, 6.07) is -4.14. The summed E-state index contributed by atoms with van der Waals surface area (Å²) in [7, 11) is 0. The molecule has 30 heavy (non-hydrogen) atoms. The van der Waals surface area contributed by atoms with E-state index in [0.29, 0.717) is 0 Å². The van der Waals surface area contributed by atoms with Crippen molar-refractivity contribution < 1.29 is 44.1 Å². The van der Waals surface area contributed by atoms with E-state index < -0.39 is 72.8 Å². The summed E-state index contributed by atoms with van der Waals surface area (Å²) in [4.78, 5) is 68.6. The number of rotatable bonds is 14. The molecule has 4 atom stereocenters. The minimum atomic E-state index is -1.41. The summed E-state index contributed by atoms with van der Waals surface area (Å²) in [5.41, 5.74) is 10.4. The Labute approximate surface area is 171 Å². The molecule has 0 heterocycles. The molecule has 0 aromatic carbocycles. The lowest BCUT2D eigenvalue weighted by Gasteiger charge is -2.21. The van der Waals surface area contributed by atoms with Crippen molar-refractivity contribution in [2.45, 2.75) is 56.8 Å². The zero-order valence-electron chi connectivity index (χ0n) is 16.3. The molecule has 0 saturated heterocycles. The Bertz CT molecular complexity index is 667. The van der Waals surface area contributed by atoms with Crippen molar-refractivity contribution in [3.8, 4) is 0 Å². The van der Waals surface area contributed by atoms with Gasteiger partial charge in [0.05, 0.1) is 12.6 Å². The Balaban J connectivity index is 4.89. The molecule has 0 saturated carbocycles. The number of hydrogen-bond acceptors (Lipinski definition) is 8. The van der Waals surface area contributed by atoms with Gasteiger partial charge in [0.2, 0.25) is 23.6 Å². The van der Waals surface area contributed by atoms with Crippen molar-refractivity contribution >= 4 is 35.6 Å². The molecule has 0 radical (unpaired) electrons. The lowest BCUT2D eigenvalue weighted by molar-refractivity contribution is -0.142. The fourth-order valence-electron chi connectivity index (χ4n) is 2.10. The Hall–Kier alpha value is -3.26. The van der Waals surface area contributed by atoms with Crippen LogP contribution in [-0.2, 0) is 28.8 Å². The Morgan fingerprint density at radius 1 is 0.900 bits per heavy atom. The van der Waals surface area contributed by atoms with Crippen LogP contribution in [0.1, 0.15) is 32.6 Å². The van der Waals surface area contributed by atoms with E-state index in [4.69, 9.17) is 21.7 Å². The summed E-state index contributed by atoms with van der Waals surface area (Å²) >= 11 is 0. The highest BCUT2D eigenvalue weighted by Gasteiger charge is 2.27. The molecule has 0 aliphatic heterocycles. The number of amides is 4. The number of aliphatic hydroxyl groups excluding tert-OH is 1. The van der Waals surface area contributed by atoms with Gasteiger partial charge in [-0.3, -0.25) is 24.0 Å². The molecule has 0 rings (SSSR count). The van der Waals surface area contributed by atoms with E-state index in [1.54, 1.807) is 0 Å². The normalized spacial score (nSPS) is 14.5. The van der Waals surface area contributed by atoms with Crippen molar-refractivity contribution in [2.75, 3.05) is 6.54 Å². The van der Waals surface area contributed by atoms with Crippen LogP contribution in [0.2, 0.25) is 0 Å². The zero-order valence-corrected chi connectivity index (χ0v) is 16.3. The standard InChI is InChI=1S/C16H27N5O9/c1-7(22)13(18)15(28)21-8(3-5-12(25)26)14(27)19-6-11(24)20-9(16(29)30)2-4-10(17)23/h7-9,13,22H,2-6,18H2,1H3,(H2,17,23)(H,19,27)(H,20,24)(H,21,28)(H,25,26)(H,29,30). The second kappa shape index (κ2) is 13.1. The minimum absolute atomic E-state index is 0.251. The molecule has 0 aromatic heterocycles. The largest absolute Gasteiger partial charge is 0.481 e. The number of primary amides is 1. The second-order valence-electron chi connectivity index (χ2n) is 6.44. The average Bonchev–Trinajstić information content (AvgIpc) is 2.64. The van der Waals surface area contributed by atoms with Crippen LogP contribution in [0.3, 0.4) is 0 Å². The van der Waals surface area contributed by atoms with Crippen LogP contribution in [-0.4, -0.2) is 81.7 Å². The predicted molar refractivity (Wildman–Crippen MR) is 99.5 cm³/mol. The van der Waals surface area contributed by atoms with Crippen LogP contribution < -0.4 is 27.4 Å². The van der Waals surface area contributed by atoms with Crippen LogP contribution in [0.25, 0.3) is 0 Å². The van der Waals surface area contributed by atoms with Crippen molar-refractivity contribution in [1.82, 2.24) is 16.0 Å². The van der Waals surface area contributed by atoms with Crippen LogP contribution in [0.4, 0.5) is 0 Å². The number of hydrogen-bond donors (Lipinski definition) is 8. The monoisotopic (exact) mass is 433 g/mol. The molecule has 0 bridgehead atoms. The van der Waals surface area contributed by atoms with E-state index in [1.807, 2.05) is 0 Å². The van der Waals surface area contributed by atoms with Gasteiger partial charge in [-0.2, -0.15) is 0 Å². The number of aliphatic hydroxyl groups is 1. The van der Waals surface area contributed by atoms with E-state index in [2.05, 4.69) is 16.0 Å². The Kier molecular flexibility index (Phi) is 11.6. The topological polar surface area (TPSA) is 251 Å². The number of nitrogens with one attached hydrogen (secondary N) is 3. The smallest absolute Gasteiger partial charge is 0.326 e. The first-order valence-corrected chi connectivity index (χ1v) is 8.89. The maximum absolute atomic E-state index is 12.2. The van der Waals surface area contributed by atoms with E-state index in [0.717, 1.165) is 0 Å². The molecule has 0 aromatic rings. The van der Waals surface area contributed by atoms with E-state index in [9.17, 15) is 33.9 Å². The highest BCUT2D eigenvalue weighted by molar-refractivity contribution is 5.93. The van der Waals surface area contributed by atoms with Crippen molar-refractivity contribution in [3.63, 3.8) is 0 Å². The lowest BCUT2D eigenvalue weighted by Crippen LogP contribution is -2.55. The fourth-order valence-corrected chi connectivity index (χ4v) is 2.10. The van der Waals surface area contributed by atoms with Crippen LogP contribution in [0.5, 0.6) is 0 Å². The zero-order chi connectivity index (χ0) is 23.4. The molecule has 10 N–H and O–H groups in total. The molecule has 0 fully saturated rings. The van der Waals surface area contributed by atoms with E-state index in [-0.39, 0.29) is 19.3 Å². The van der Waals surface area contributed by atoms with E-state index >= 15 is 0 Å². The fraction of sp³-hybridized carbons (Fsp3) is 0.625. The number of nitrogens with two attached hydrogens (primary N) is 2. The average molecular weight is 433 g/mol. The van der Waals surface area contributed by atoms with Gasteiger partial charge in [-0.1, -0.05) is 0 Å². The molecule has 4 amide bonds. The summed E-state index contributed by atoms with van der Waals surface area (Å²) in [6.07, 6.45) is -2.57. The van der Waals surface area contributed by atoms with Gasteiger partial charge in [-0.05, 0) is 19.8 Å². The first kappa shape index (κ1) is 26.7. The number of carboxylic acids is 2. The third-order valence-corrected chi connectivity index (χ3v) is 3.84. The summed E-state index contributed by atoms with van der Waals surface area (Å²) < 4.78 is 0. The quantitative estimate of drug-likeness (QED) is 0.132. The molecule has 14 nitrogen and oxygen atoms in total. The molecular weight excluding hydrogens is 406 g/mol. The molecule has 0 aliphatic carbocycles. The number of carbonyl (C=O) groups is 6.